The number of H-pyrrole nitrogens is 1. The summed E-state index contributed by atoms with van der Waals surface area (Å²) in [4.78, 5) is 19.2. The van der Waals surface area contributed by atoms with Crippen molar-refractivity contribution in [3.8, 4) is 28.1 Å². The topological polar surface area (TPSA) is 106 Å². The Balaban J connectivity index is 1.14. The summed E-state index contributed by atoms with van der Waals surface area (Å²) < 4.78 is 32.2. The fourth-order valence-corrected chi connectivity index (χ4v) is 5.37. The number of pyridine rings is 1. The predicted octanol–water partition coefficient (Wildman–Crippen LogP) is 3.87. The molecule has 2 unspecified atom stereocenters. The van der Waals surface area contributed by atoms with Crippen LogP contribution in [0.1, 0.15) is 12.1 Å². The summed E-state index contributed by atoms with van der Waals surface area (Å²) in [6.07, 6.45) is 0.00994. The summed E-state index contributed by atoms with van der Waals surface area (Å²) in [5.74, 6) is 0.360. The third kappa shape index (κ3) is 5.25. The van der Waals surface area contributed by atoms with Crippen LogP contribution in [0.5, 0.6) is 5.75 Å². The van der Waals surface area contributed by atoms with Gasteiger partial charge in [0.15, 0.2) is 5.82 Å². The van der Waals surface area contributed by atoms with Gasteiger partial charge in [0.1, 0.15) is 23.7 Å². The van der Waals surface area contributed by atoms with E-state index in [1.54, 1.807) is 7.05 Å². The maximum atomic E-state index is 15.1. The lowest BCUT2D eigenvalue weighted by atomic mass is 9.96. The molecule has 8 nitrogen and oxygen atoms in total. The Morgan fingerprint density at radius 1 is 1.05 bits per heavy atom. The number of carbonyl (C=O) groups is 1. The average Bonchev–Trinajstić information content (AvgIpc) is 3.65. The van der Waals surface area contributed by atoms with Gasteiger partial charge in [-0.1, -0.05) is 36.4 Å². The highest BCUT2D eigenvalue weighted by Crippen LogP contribution is 2.34. The first-order chi connectivity index (χ1) is 19.0. The first kappa shape index (κ1) is 25.5. The molecular formula is C30H30FN3O5. The molecule has 0 aliphatic carbocycles. The SMILES string of the molecule is CNC(=O)CCOc1ccc(-c2ccc(-c3nc4cc(CC5CO[C@@H]6C(O)CO[C@H]56)[nH]c4cc3F)cc2)cc1. The normalized spacial score (nSPS) is 22.2. The van der Waals surface area contributed by atoms with Crippen LogP contribution in [0.2, 0.25) is 0 Å². The molecule has 0 saturated carbocycles. The van der Waals surface area contributed by atoms with Gasteiger partial charge in [0.05, 0.1) is 43.4 Å². The summed E-state index contributed by atoms with van der Waals surface area (Å²) in [5, 5.41) is 12.6. The van der Waals surface area contributed by atoms with E-state index >= 15 is 4.39 Å². The summed E-state index contributed by atoms with van der Waals surface area (Å²) >= 11 is 0. The lowest BCUT2D eigenvalue weighted by Crippen LogP contribution is -2.29. The number of ether oxygens (including phenoxy) is 3. The van der Waals surface area contributed by atoms with Crippen LogP contribution >= 0.6 is 0 Å². The number of carbonyl (C=O) groups excluding carboxylic acids is 1. The van der Waals surface area contributed by atoms with Gasteiger partial charge in [-0.15, -0.1) is 0 Å². The van der Waals surface area contributed by atoms with Gasteiger partial charge < -0.3 is 29.6 Å². The average molecular weight is 532 g/mol. The molecule has 0 spiro atoms. The molecule has 4 heterocycles. The van der Waals surface area contributed by atoms with E-state index in [9.17, 15) is 9.90 Å². The Morgan fingerprint density at radius 3 is 2.49 bits per heavy atom. The largest absolute Gasteiger partial charge is 0.493 e. The number of hydrogen-bond donors (Lipinski definition) is 3. The summed E-state index contributed by atoms with van der Waals surface area (Å²) in [5.41, 5.74) is 5.24. The Bertz CT molecular complexity index is 1470. The number of aromatic amines is 1. The zero-order valence-electron chi connectivity index (χ0n) is 21.5. The van der Waals surface area contributed by atoms with Gasteiger partial charge >= 0.3 is 0 Å². The second-order valence-corrected chi connectivity index (χ2v) is 10.0. The zero-order chi connectivity index (χ0) is 26.9. The fraction of sp³-hybridized carbons (Fsp3) is 0.333. The van der Waals surface area contributed by atoms with Gasteiger partial charge in [-0.2, -0.15) is 0 Å². The lowest BCUT2D eigenvalue weighted by molar-refractivity contribution is -0.121. The van der Waals surface area contributed by atoms with Crippen LogP contribution in [0.3, 0.4) is 0 Å². The van der Waals surface area contributed by atoms with Gasteiger partial charge in [-0.3, -0.25) is 4.79 Å². The molecule has 2 aliphatic heterocycles. The number of aliphatic hydroxyl groups is 1. The highest BCUT2D eigenvalue weighted by atomic mass is 19.1. The second kappa shape index (κ2) is 10.8. The van der Waals surface area contributed by atoms with Crippen molar-refractivity contribution in [1.29, 1.82) is 0 Å². The molecule has 2 aliphatic rings. The van der Waals surface area contributed by atoms with E-state index in [0.717, 1.165) is 16.8 Å². The van der Waals surface area contributed by atoms with E-state index < -0.39 is 11.9 Å². The molecule has 39 heavy (non-hydrogen) atoms. The highest BCUT2D eigenvalue weighted by Gasteiger charge is 2.46. The van der Waals surface area contributed by atoms with Gasteiger partial charge in [-0.25, -0.2) is 9.37 Å². The number of aromatic nitrogens is 2. The number of benzene rings is 2. The van der Waals surface area contributed by atoms with Crippen LogP contribution in [0.25, 0.3) is 33.4 Å². The minimum Gasteiger partial charge on any atom is -0.493 e. The minimum atomic E-state index is -0.577. The van der Waals surface area contributed by atoms with Crippen molar-refractivity contribution in [2.24, 2.45) is 5.92 Å². The van der Waals surface area contributed by atoms with Gasteiger partial charge in [0.25, 0.3) is 0 Å². The van der Waals surface area contributed by atoms with E-state index in [0.29, 0.717) is 60.7 Å². The standard InChI is InChI=1S/C30H30FN3O5/c1-32-27(36)10-11-37-22-8-6-18(7-9-22)17-2-4-19(5-3-17)28-23(31)14-25-24(34-28)13-21(33-25)12-20-15-38-30-26(35)16-39-29(20)30/h2-9,13-14,20,26,29-30,33,35H,10-12,15-16H2,1H3,(H,32,36)/t20?,26?,29-,30-/m1/s1. The van der Waals surface area contributed by atoms with Crippen molar-refractivity contribution in [3.63, 3.8) is 0 Å². The molecule has 2 aromatic carbocycles. The third-order valence-corrected chi connectivity index (χ3v) is 7.45. The summed E-state index contributed by atoms with van der Waals surface area (Å²) in [6.45, 7) is 1.13. The first-order valence-corrected chi connectivity index (χ1v) is 13.1. The molecule has 0 bridgehead atoms. The van der Waals surface area contributed by atoms with Crippen LogP contribution < -0.4 is 10.1 Å². The minimum absolute atomic E-state index is 0.0634. The maximum absolute atomic E-state index is 15.1. The van der Waals surface area contributed by atoms with E-state index in [4.69, 9.17) is 14.2 Å². The smallest absolute Gasteiger partial charge is 0.223 e. The third-order valence-electron chi connectivity index (χ3n) is 7.45. The number of aliphatic hydroxyl groups excluding tert-OH is 1. The van der Waals surface area contributed by atoms with E-state index in [2.05, 4.69) is 15.3 Å². The van der Waals surface area contributed by atoms with Crippen LogP contribution in [0.4, 0.5) is 4.39 Å². The Hall–Kier alpha value is -3.79. The molecule has 9 heteroatoms. The van der Waals surface area contributed by atoms with Crippen LogP contribution in [-0.4, -0.2) is 66.2 Å². The van der Waals surface area contributed by atoms with Crippen LogP contribution in [0.15, 0.2) is 60.7 Å². The summed E-state index contributed by atoms with van der Waals surface area (Å²) in [6, 6.07) is 18.7. The number of halogens is 1. The van der Waals surface area contributed by atoms with Gasteiger partial charge in [-0.05, 0) is 35.7 Å². The van der Waals surface area contributed by atoms with Crippen molar-refractivity contribution in [1.82, 2.24) is 15.3 Å². The molecule has 2 saturated heterocycles. The molecule has 6 rings (SSSR count). The van der Waals surface area contributed by atoms with Crippen LogP contribution in [-0.2, 0) is 20.7 Å². The molecular weight excluding hydrogens is 501 g/mol. The van der Waals surface area contributed by atoms with Crippen LogP contribution in [0, 0.1) is 11.7 Å². The highest BCUT2D eigenvalue weighted by molar-refractivity contribution is 5.80. The van der Waals surface area contributed by atoms with Crippen molar-refractivity contribution in [2.45, 2.75) is 31.2 Å². The number of amides is 1. The quantitative estimate of drug-likeness (QED) is 0.319. The Labute approximate surface area is 225 Å². The first-order valence-electron chi connectivity index (χ1n) is 13.1. The molecule has 4 aromatic rings. The molecule has 4 atom stereocenters. The van der Waals surface area contributed by atoms with Crippen molar-refractivity contribution in [2.75, 3.05) is 26.9 Å². The van der Waals surface area contributed by atoms with E-state index in [1.807, 2.05) is 54.6 Å². The molecule has 202 valence electrons. The Morgan fingerprint density at radius 2 is 1.74 bits per heavy atom. The fourth-order valence-electron chi connectivity index (χ4n) is 5.37. The predicted molar refractivity (Wildman–Crippen MR) is 144 cm³/mol. The Kier molecular flexibility index (Phi) is 7.03. The number of nitrogens with zero attached hydrogens (tertiary/aromatic N) is 1. The monoisotopic (exact) mass is 531 g/mol. The number of nitrogens with one attached hydrogen (secondary N) is 2. The number of rotatable bonds is 8. The number of hydrogen-bond acceptors (Lipinski definition) is 6. The second-order valence-electron chi connectivity index (χ2n) is 10.0. The van der Waals surface area contributed by atoms with Gasteiger partial charge in [0, 0.05) is 30.3 Å². The van der Waals surface area contributed by atoms with Crippen molar-refractivity contribution in [3.05, 3.63) is 72.2 Å². The van der Waals surface area contributed by atoms with Crippen molar-refractivity contribution >= 4 is 16.9 Å². The van der Waals surface area contributed by atoms with E-state index in [1.165, 1.54) is 6.07 Å². The van der Waals surface area contributed by atoms with Gasteiger partial charge in [0.2, 0.25) is 5.91 Å². The van der Waals surface area contributed by atoms with E-state index in [-0.39, 0.29) is 24.0 Å². The summed E-state index contributed by atoms with van der Waals surface area (Å²) in [7, 11) is 1.60. The maximum Gasteiger partial charge on any atom is 0.223 e. The molecule has 3 N–H and O–H groups in total. The molecule has 0 radical (unpaired) electrons. The molecule has 2 aromatic heterocycles. The lowest BCUT2D eigenvalue weighted by Gasteiger charge is -2.14. The number of fused-ring (bicyclic) bond motifs is 2. The molecule has 2 fully saturated rings. The molecule has 1 amide bonds. The van der Waals surface area contributed by atoms with Crippen molar-refractivity contribution < 1.29 is 28.5 Å². The zero-order valence-corrected chi connectivity index (χ0v) is 21.5.